The first-order chi connectivity index (χ1) is 12.1. The molecule has 0 spiro atoms. The van der Waals surface area contributed by atoms with Gasteiger partial charge in [0, 0.05) is 18.0 Å². The number of hydrogen-bond acceptors (Lipinski definition) is 5. The van der Waals surface area contributed by atoms with E-state index >= 15 is 0 Å². The number of hydrogen-bond donors (Lipinski definition) is 0. The maximum Gasteiger partial charge on any atom is 0.278 e. The standard InChI is InChI=1S/C19H20N2O3S/c1-13-5-2-8-20(11-13)17-16(15-7-4-10-25-15)18(22)21(19(17)23)12-14-6-3-9-24-14/h3-4,6-7,9-10,13H,2,5,8,11-12H2,1H3. The lowest BCUT2D eigenvalue weighted by Crippen LogP contribution is -2.39. The van der Waals surface area contributed by atoms with Crippen LogP contribution in [0.2, 0.25) is 0 Å². The summed E-state index contributed by atoms with van der Waals surface area (Å²) in [5.74, 6) is 0.698. The Balaban J connectivity index is 1.72. The van der Waals surface area contributed by atoms with Gasteiger partial charge in [-0.1, -0.05) is 13.0 Å². The van der Waals surface area contributed by atoms with Crippen molar-refractivity contribution >= 4 is 28.7 Å². The molecule has 2 aliphatic heterocycles. The first kappa shape index (κ1) is 16.1. The van der Waals surface area contributed by atoms with E-state index in [1.54, 1.807) is 18.4 Å². The molecule has 2 aromatic heterocycles. The minimum atomic E-state index is -0.225. The zero-order valence-corrected chi connectivity index (χ0v) is 14.9. The molecule has 2 amide bonds. The summed E-state index contributed by atoms with van der Waals surface area (Å²) in [6.07, 6.45) is 3.76. The third kappa shape index (κ3) is 2.91. The Kier molecular flexibility index (Phi) is 4.21. The summed E-state index contributed by atoms with van der Waals surface area (Å²) in [5.41, 5.74) is 1.10. The number of likely N-dealkylation sites (tertiary alicyclic amines) is 1. The Hall–Kier alpha value is -2.34. The number of carbonyl (C=O) groups excluding carboxylic acids is 2. The van der Waals surface area contributed by atoms with Crippen LogP contribution in [0, 0.1) is 5.92 Å². The minimum absolute atomic E-state index is 0.173. The second-order valence-electron chi connectivity index (χ2n) is 6.67. The lowest BCUT2D eigenvalue weighted by Gasteiger charge is -2.33. The Morgan fingerprint density at radius 1 is 1.24 bits per heavy atom. The average Bonchev–Trinajstić information content (AvgIpc) is 3.32. The van der Waals surface area contributed by atoms with Crippen molar-refractivity contribution < 1.29 is 14.0 Å². The fraction of sp³-hybridized carbons (Fsp3) is 0.368. The quantitative estimate of drug-likeness (QED) is 0.789. The van der Waals surface area contributed by atoms with Crippen molar-refractivity contribution in [2.45, 2.75) is 26.3 Å². The van der Waals surface area contributed by atoms with Crippen molar-refractivity contribution in [1.29, 1.82) is 0 Å². The van der Waals surface area contributed by atoms with E-state index in [9.17, 15) is 9.59 Å². The van der Waals surface area contributed by atoms with Crippen LogP contribution in [0.1, 0.15) is 30.4 Å². The van der Waals surface area contributed by atoms with Gasteiger partial charge in [0.2, 0.25) is 0 Å². The van der Waals surface area contributed by atoms with Gasteiger partial charge in [-0.15, -0.1) is 11.3 Å². The van der Waals surface area contributed by atoms with Crippen molar-refractivity contribution in [2.24, 2.45) is 5.92 Å². The smallest absolute Gasteiger partial charge is 0.278 e. The summed E-state index contributed by atoms with van der Waals surface area (Å²) in [6.45, 7) is 4.01. The number of amides is 2. The number of rotatable bonds is 4. The highest BCUT2D eigenvalue weighted by Gasteiger charge is 2.42. The van der Waals surface area contributed by atoms with E-state index in [0.717, 1.165) is 30.8 Å². The lowest BCUT2D eigenvalue weighted by molar-refractivity contribution is -0.138. The SMILES string of the molecule is CC1CCCN(C2=C(c3cccs3)C(=O)N(Cc3ccco3)C2=O)C1. The molecule has 2 aromatic rings. The number of nitrogens with zero attached hydrogens (tertiary/aromatic N) is 2. The van der Waals surface area contributed by atoms with Crippen LogP contribution in [0.5, 0.6) is 0 Å². The molecule has 4 rings (SSSR count). The number of furan rings is 1. The molecular weight excluding hydrogens is 336 g/mol. The Bertz CT molecular complexity index is 808. The molecule has 0 aromatic carbocycles. The topological polar surface area (TPSA) is 53.8 Å². The molecular formula is C19H20N2O3S. The van der Waals surface area contributed by atoms with E-state index in [1.165, 1.54) is 16.2 Å². The molecule has 5 nitrogen and oxygen atoms in total. The van der Waals surface area contributed by atoms with Crippen LogP contribution in [-0.2, 0) is 16.1 Å². The molecule has 6 heteroatoms. The second kappa shape index (κ2) is 6.52. The van der Waals surface area contributed by atoms with Gasteiger partial charge in [-0.2, -0.15) is 0 Å². The van der Waals surface area contributed by atoms with Gasteiger partial charge in [-0.3, -0.25) is 14.5 Å². The highest BCUT2D eigenvalue weighted by Crippen LogP contribution is 2.36. The molecule has 0 bridgehead atoms. The van der Waals surface area contributed by atoms with E-state index in [0.29, 0.717) is 22.9 Å². The summed E-state index contributed by atoms with van der Waals surface area (Å²) in [7, 11) is 0. The molecule has 0 N–H and O–H groups in total. The highest BCUT2D eigenvalue weighted by molar-refractivity contribution is 7.11. The van der Waals surface area contributed by atoms with Gasteiger partial charge in [0.25, 0.3) is 11.8 Å². The predicted octanol–water partition coefficient (Wildman–Crippen LogP) is 3.35. The van der Waals surface area contributed by atoms with Crippen LogP contribution < -0.4 is 0 Å². The van der Waals surface area contributed by atoms with Crippen LogP contribution in [-0.4, -0.2) is 34.7 Å². The first-order valence-corrected chi connectivity index (χ1v) is 9.45. The molecule has 4 heterocycles. The minimum Gasteiger partial charge on any atom is -0.467 e. The third-order valence-electron chi connectivity index (χ3n) is 4.78. The summed E-state index contributed by atoms with van der Waals surface area (Å²) >= 11 is 1.50. The second-order valence-corrected chi connectivity index (χ2v) is 7.62. The van der Waals surface area contributed by atoms with Crippen molar-refractivity contribution in [3.8, 4) is 0 Å². The molecule has 2 aliphatic rings. The van der Waals surface area contributed by atoms with Gasteiger partial charge < -0.3 is 9.32 Å². The zero-order valence-electron chi connectivity index (χ0n) is 14.1. The fourth-order valence-electron chi connectivity index (χ4n) is 3.59. The predicted molar refractivity (Wildman–Crippen MR) is 95.5 cm³/mol. The number of thiophene rings is 1. The monoisotopic (exact) mass is 356 g/mol. The van der Waals surface area contributed by atoms with E-state index < -0.39 is 0 Å². The van der Waals surface area contributed by atoms with Gasteiger partial charge >= 0.3 is 0 Å². The normalized spacial score (nSPS) is 21.6. The van der Waals surface area contributed by atoms with E-state index in [1.807, 2.05) is 17.5 Å². The molecule has 1 saturated heterocycles. The Morgan fingerprint density at radius 3 is 2.80 bits per heavy atom. The summed E-state index contributed by atoms with van der Waals surface area (Å²) < 4.78 is 5.34. The molecule has 25 heavy (non-hydrogen) atoms. The molecule has 1 atom stereocenters. The fourth-order valence-corrected chi connectivity index (χ4v) is 4.36. The van der Waals surface area contributed by atoms with Gasteiger partial charge in [0.05, 0.1) is 18.4 Å². The first-order valence-electron chi connectivity index (χ1n) is 8.57. The molecule has 0 saturated carbocycles. The molecule has 130 valence electrons. The number of imide groups is 1. The van der Waals surface area contributed by atoms with Gasteiger partial charge in [0.1, 0.15) is 11.5 Å². The van der Waals surface area contributed by atoms with Crippen molar-refractivity contribution in [2.75, 3.05) is 13.1 Å². The molecule has 0 aliphatic carbocycles. The van der Waals surface area contributed by atoms with Crippen LogP contribution in [0.3, 0.4) is 0 Å². The zero-order chi connectivity index (χ0) is 17.4. The van der Waals surface area contributed by atoms with Crippen molar-refractivity contribution in [3.05, 3.63) is 52.2 Å². The lowest BCUT2D eigenvalue weighted by atomic mass is 9.99. The largest absolute Gasteiger partial charge is 0.467 e. The summed E-state index contributed by atoms with van der Waals surface area (Å²) in [4.78, 5) is 30.4. The van der Waals surface area contributed by atoms with Crippen LogP contribution in [0.15, 0.2) is 46.0 Å². The van der Waals surface area contributed by atoms with Crippen LogP contribution in [0.4, 0.5) is 0 Å². The number of carbonyl (C=O) groups is 2. The van der Waals surface area contributed by atoms with Gasteiger partial charge in [0.15, 0.2) is 0 Å². The van der Waals surface area contributed by atoms with E-state index in [2.05, 4.69) is 11.8 Å². The van der Waals surface area contributed by atoms with Gasteiger partial charge in [-0.05, 0) is 42.3 Å². The Morgan fingerprint density at radius 2 is 2.12 bits per heavy atom. The maximum absolute atomic E-state index is 13.1. The Labute approximate surface area is 150 Å². The maximum atomic E-state index is 13.1. The van der Waals surface area contributed by atoms with Crippen molar-refractivity contribution in [1.82, 2.24) is 9.80 Å². The van der Waals surface area contributed by atoms with Gasteiger partial charge in [-0.25, -0.2) is 0 Å². The van der Waals surface area contributed by atoms with E-state index in [-0.39, 0.29) is 18.4 Å². The molecule has 1 fully saturated rings. The van der Waals surface area contributed by atoms with Crippen molar-refractivity contribution in [3.63, 3.8) is 0 Å². The molecule has 0 radical (unpaired) electrons. The third-order valence-corrected chi connectivity index (χ3v) is 5.67. The summed E-state index contributed by atoms with van der Waals surface area (Å²) in [5, 5.41) is 1.94. The molecule has 1 unspecified atom stereocenters. The summed E-state index contributed by atoms with van der Waals surface area (Å²) in [6, 6.07) is 7.37. The highest BCUT2D eigenvalue weighted by atomic mass is 32.1. The van der Waals surface area contributed by atoms with E-state index in [4.69, 9.17) is 4.42 Å². The van der Waals surface area contributed by atoms with Crippen LogP contribution >= 0.6 is 11.3 Å². The average molecular weight is 356 g/mol. The van der Waals surface area contributed by atoms with Crippen LogP contribution in [0.25, 0.3) is 5.57 Å². The number of piperidine rings is 1.